The number of aromatic nitrogens is 1. The Morgan fingerprint density at radius 1 is 1.71 bits per heavy atom. The van der Waals surface area contributed by atoms with Crippen molar-refractivity contribution >= 4 is 21.9 Å². The highest BCUT2D eigenvalue weighted by atomic mass is 79.9. The molecule has 2 heterocycles. The summed E-state index contributed by atoms with van der Waals surface area (Å²) in [4.78, 5) is 17.1. The first-order valence-corrected chi connectivity index (χ1v) is 6.24. The van der Waals surface area contributed by atoms with E-state index in [1.807, 2.05) is 17.0 Å². The van der Waals surface area contributed by atoms with E-state index in [2.05, 4.69) is 26.2 Å². The van der Waals surface area contributed by atoms with Crippen LogP contribution in [0.15, 0.2) is 22.9 Å². The summed E-state index contributed by atoms with van der Waals surface area (Å²) in [7, 11) is 0. The Morgan fingerprint density at radius 3 is 3.24 bits per heavy atom. The minimum Gasteiger partial charge on any atom is -0.480 e. The van der Waals surface area contributed by atoms with Crippen molar-refractivity contribution in [2.45, 2.75) is 12.6 Å². The number of nitrogens with zero attached hydrogens (tertiary/aromatic N) is 2. The zero-order chi connectivity index (χ0) is 12.3. The van der Waals surface area contributed by atoms with Crippen LogP contribution in [0.1, 0.15) is 5.56 Å². The first kappa shape index (κ1) is 12.5. The van der Waals surface area contributed by atoms with E-state index in [4.69, 9.17) is 5.11 Å². The first-order chi connectivity index (χ1) is 8.16. The number of aliphatic carboxylic acids is 1. The van der Waals surface area contributed by atoms with Crippen molar-refractivity contribution in [3.05, 3.63) is 28.5 Å². The molecule has 0 spiro atoms. The van der Waals surface area contributed by atoms with Gasteiger partial charge in [-0.15, -0.1) is 0 Å². The number of carboxylic acids is 1. The van der Waals surface area contributed by atoms with Crippen molar-refractivity contribution in [1.82, 2.24) is 15.2 Å². The van der Waals surface area contributed by atoms with Crippen LogP contribution in [0.25, 0.3) is 0 Å². The molecule has 6 heteroatoms. The van der Waals surface area contributed by atoms with Crippen LogP contribution >= 0.6 is 15.9 Å². The maximum absolute atomic E-state index is 11.1. The van der Waals surface area contributed by atoms with Crippen LogP contribution in [-0.2, 0) is 11.3 Å². The van der Waals surface area contributed by atoms with Gasteiger partial charge < -0.3 is 10.4 Å². The number of carboxylic acid groups (broad SMARTS) is 1. The molecule has 92 valence electrons. The van der Waals surface area contributed by atoms with E-state index in [0.717, 1.165) is 23.3 Å². The quantitative estimate of drug-likeness (QED) is 0.805. The van der Waals surface area contributed by atoms with Crippen molar-refractivity contribution in [3.8, 4) is 0 Å². The number of carbonyl (C=O) groups is 1. The van der Waals surface area contributed by atoms with Gasteiger partial charge in [0.2, 0.25) is 0 Å². The van der Waals surface area contributed by atoms with E-state index in [1.165, 1.54) is 0 Å². The molecule has 1 fully saturated rings. The molecule has 0 saturated carbocycles. The molecule has 1 aliphatic heterocycles. The fraction of sp³-hybridized carbons (Fsp3) is 0.455. The van der Waals surface area contributed by atoms with Gasteiger partial charge in [0.1, 0.15) is 10.6 Å². The van der Waals surface area contributed by atoms with Crippen LogP contribution in [0.5, 0.6) is 0 Å². The lowest BCUT2D eigenvalue weighted by atomic mass is 10.1. The molecule has 0 aromatic carbocycles. The lowest BCUT2D eigenvalue weighted by molar-refractivity contribution is -0.144. The van der Waals surface area contributed by atoms with Gasteiger partial charge in [0.15, 0.2) is 0 Å². The Hall–Kier alpha value is -0.980. The molecule has 17 heavy (non-hydrogen) atoms. The predicted molar refractivity (Wildman–Crippen MR) is 66.6 cm³/mol. The van der Waals surface area contributed by atoms with Crippen molar-refractivity contribution in [3.63, 3.8) is 0 Å². The van der Waals surface area contributed by atoms with Gasteiger partial charge in [-0.25, -0.2) is 4.98 Å². The molecular weight excluding hydrogens is 286 g/mol. The number of hydrogen-bond donors (Lipinski definition) is 2. The monoisotopic (exact) mass is 299 g/mol. The van der Waals surface area contributed by atoms with E-state index in [-0.39, 0.29) is 0 Å². The second-order valence-corrected chi connectivity index (χ2v) is 4.83. The molecule has 0 aliphatic carbocycles. The third-order valence-corrected chi connectivity index (χ3v) is 3.25. The molecule has 5 nitrogen and oxygen atoms in total. The van der Waals surface area contributed by atoms with Crippen LogP contribution in [0.4, 0.5) is 0 Å². The van der Waals surface area contributed by atoms with Crippen molar-refractivity contribution in [1.29, 1.82) is 0 Å². The van der Waals surface area contributed by atoms with Crippen LogP contribution < -0.4 is 5.32 Å². The summed E-state index contributed by atoms with van der Waals surface area (Å²) in [6.07, 6.45) is 1.72. The lowest BCUT2D eigenvalue weighted by Gasteiger charge is -2.33. The largest absolute Gasteiger partial charge is 0.480 e. The molecule has 2 rings (SSSR count). The number of piperazine rings is 1. The lowest BCUT2D eigenvalue weighted by Crippen LogP contribution is -2.54. The Balaban J connectivity index is 2.08. The van der Waals surface area contributed by atoms with Crippen molar-refractivity contribution in [2.75, 3.05) is 19.6 Å². The molecular formula is C11H14BrN3O2. The zero-order valence-electron chi connectivity index (χ0n) is 9.27. The molecule has 1 saturated heterocycles. The molecule has 1 aliphatic rings. The Labute approximate surface area is 108 Å². The molecule has 0 bridgehead atoms. The van der Waals surface area contributed by atoms with Crippen LogP contribution in [-0.4, -0.2) is 46.6 Å². The molecule has 0 unspecified atom stereocenters. The van der Waals surface area contributed by atoms with E-state index >= 15 is 0 Å². The van der Waals surface area contributed by atoms with Gasteiger partial charge >= 0.3 is 5.97 Å². The Morgan fingerprint density at radius 2 is 2.53 bits per heavy atom. The van der Waals surface area contributed by atoms with E-state index < -0.39 is 12.0 Å². The van der Waals surface area contributed by atoms with Crippen molar-refractivity contribution < 1.29 is 9.90 Å². The SMILES string of the molecule is O=C(O)[C@@H]1CNCCN1Cc1ccnc(Br)c1. The standard InChI is InChI=1S/C11H14BrN3O2/c12-10-5-8(1-2-14-10)7-15-4-3-13-6-9(15)11(16)17/h1-2,5,9,13H,3-4,6-7H2,(H,16,17)/t9-/m0/s1. The number of rotatable bonds is 3. The third kappa shape index (κ3) is 3.24. The smallest absolute Gasteiger partial charge is 0.322 e. The summed E-state index contributed by atoms with van der Waals surface area (Å²) in [5.41, 5.74) is 1.07. The normalized spacial score (nSPS) is 21.4. The Kier molecular flexibility index (Phi) is 4.09. The summed E-state index contributed by atoms with van der Waals surface area (Å²) in [6, 6.07) is 3.38. The molecule has 0 radical (unpaired) electrons. The highest BCUT2D eigenvalue weighted by Crippen LogP contribution is 2.13. The fourth-order valence-corrected chi connectivity index (χ4v) is 2.37. The maximum atomic E-state index is 11.1. The van der Waals surface area contributed by atoms with Gasteiger partial charge in [-0.3, -0.25) is 9.69 Å². The summed E-state index contributed by atoms with van der Waals surface area (Å²) >= 11 is 3.31. The number of halogens is 1. The Bertz CT molecular complexity index is 413. The summed E-state index contributed by atoms with van der Waals surface area (Å²) < 4.78 is 0.775. The number of pyridine rings is 1. The first-order valence-electron chi connectivity index (χ1n) is 5.45. The molecule has 2 N–H and O–H groups in total. The van der Waals surface area contributed by atoms with Gasteiger partial charge in [0, 0.05) is 32.4 Å². The molecule has 1 atom stereocenters. The average molecular weight is 300 g/mol. The maximum Gasteiger partial charge on any atom is 0.322 e. The van der Waals surface area contributed by atoms with Crippen LogP contribution in [0, 0.1) is 0 Å². The minimum absolute atomic E-state index is 0.448. The van der Waals surface area contributed by atoms with Gasteiger partial charge in [-0.05, 0) is 33.6 Å². The van der Waals surface area contributed by atoms with Gasteiger partial charge in [0.05, 0.1) is 0 Å². The minimum atomic E-state index is -0.773. The van der Waals surface area contributed by atoms with Gasteiger partial charge in [-0.1, -0.05) is 0 Å². The molecule has 0 amide bonds. The van der Waals surface area contributed by atoms with Crippen LogP contribution in [0.2, 0.25) is 0 Å². The molecule has 1 aromatic heterocycles. The summed E-state index contributed by atoms with van der Waals surface area (Å²) in [6.45, 7) is 2.72. The van der Waals surface area contributed by atoms with E-state index in [1.54, 1.807) is 6.20 Å². The predicted octanol–water partition coefficient (Wildman–Crippen LogP) is 0.703. The van der Waals surface area contributed by atoms with Crippen molar-refractivity contribution in [2.24, 2.45) is 0 Å². The summed E-state index contributed by atoms with van der Waals surface area (Å²) in [5, 5.41) is 12.2. The topological polar surface area (TPSA) is 65.5 Å². The van der Waals surface area contributed by atoms with Crippen LogP contribution in [0.3, 0.4) is 0 Å². The highest BCUT2D eigenvalue weighted by molar-refractivity contribution is 9.10. The second kappa shape index (κ2) is 5.57. The molecule has 1 aromatic rings. The van der Waals surface area contributed by atoms with Gasteiger partial charge in [-0.2, -0.15) is 0 Å². The zero-order valence-corrected chi connectivity index (χ0v) is 10.9. The number of hydrogen-bond acceptors (Lipinski definition) is 4. The summed E-state index contributed by atoms with van der Waals surface area (Å²) in [5.74, 6) is -0.773. The average Bonchev–Trinajstić information content (AvgIpc) is 2.29. The number of nitrogens with one attached hydrogen (secondary N) is 1. The van der Waals surface area contributed by atoms with E-state index in [0.29, 0.717) is 13.1 Å². The van der Waals surface area contributed by atoms with E-state index in [9.17, 15) is 4.79 Å². The van der Waals surface area contributed by atoms with Gasteiger partial charge in [0.25, 0.3) is 0 Å². The highest BCUT2D eigenvalue weighted by Gasteiger charge is 2.28. The second-order valence-electron chi connectivity index (χ2n) is 4.02. The fourth-order valence-electron chi connectivity index (χ4n) is 1.95. The third-order valence-electron chi connectivity index (χ3n) is 2.82.